The van der Waals surface area contributed by atoms with Crippen LogP contribution in [-0.2, 0) is 14.2 Å². The van der Waals surface area contributed by atoms with Crippen LogP contribution in [0.25, 0.3) is 0 Å². The molecule has 32 heavy (non-hydrogen) atoms. The van der Waals surface area contributed by atoms with Crippen LogP contribution in [0.3, 0.4) is 0 Å². The molecule has 12 N–H and O–H groups in total. The number of hydrogen-bond donors (Lipinski definition) is 12. The molecule has 0 aromatic rings. The van der Waals surface area contributed by atoms with Gasteiger partial charge in [0.25, 0.3) is 0 Å². The molecule has 192 valence electrons. The highest BCUT2D eigenvalue weighted by atomic mass is 16.7. The summed E-state index contributed by atoms with van der Waals surface area (Å²) in [4.78, 5) is 0. The molecular formula is C17H34O15. The molecule has 12 unspecified atom stereocenters. The summed E-state index contributed by atoms with van der Waals surface area (Å²) < 4.78 is 15.1. The molecule has 1 rings (SSSR count). The lowest BCUT2D eigenvalue weighted by Gasteiger charge is -2.42. The van der Waals surface area contributed by atoms with Gasteiger partial charge < -0.3 is 75.5 Å². The van der Waals surface area contributed by atoms with Crippen LogP contribution in [0.4, 0.5) is 0 Å². The number of rotatable bonds is 13. The third-order valence-electron chi connectivity index (χ3n) is 5.00. The fourth-order valence-corrected chi connectivity index (χ4v) is 2.93. The minimum absolute atomic E-state index is 0.458. The minimum atomic E-state index is -2.42. The van der Waals surface area contributed by atoms with Gasteiger partial charge in [-0.05, 0) is 13.3 Å². The van der Waals surface area contributed by atoms with Crippen molar-refractivity contribution in [1.29, 1.82) is 0 Å². The van der Waals surface area contributed by atoms with Gasteiger partial charge in [-0.25, -0.2) is 0 Å². The van der Waals surface area contributed by atoms with Crippen LogP contribution in [0.2, 0.25) is 0 Å². The van der Waals surface area contributed by atoms with Crippen molar-refractivity contribution in [3.05, 3.63) is 0 Å². The second-order valence-corrected chi connectivity index (χ2v) is 7.54. The smallest absolute Gasteiger partial charge is 0.187 e. The fourth-order valence-electron chi connectivity index (χ4n) is 2.93. The van der Waals surface area contributed by atoms with E-state index in [1.807, 2.05) is 0 Å². The van der Waals surface area contributed by atoms with Crippen molar-refractivity contribution in [1.82, 2.24) is 0 Å². The van der Waals surface area contributed by atoms with E-state index in [-0.39, 0.29) is 0 Å². The van der Waals surface area contributed by atoms with Gasteiger partial charge in [-0.3, -0.25) is 0 Å². The van der Waals surface area contributed by atoms with E-state index in [4.69, 9.17) is 14.2 Å². The van der Waals surface area contributed by atoms with Gasteiger partial charge in [0.05, 0.1) is 25.4 Å². The minimum Gasteiger partial charge on any atom is -0.394 e. The first-order valence-corrected chi connectivity index (χ1v) is 9.85. The normalized spacial score (nSPS) is 33.4. The van der Waals surface area contributed by atoms with Gasteiger partial charge in [0, 0.05) is 0 Å². The first-order valence-electron chi connectivity index (χ1n) is 9.85. The monoisotopic (exact) mass is 478 g/mol. The molecular weight excluding hydrogens is 444 g/mol. The van der Waals surface area contributed by atoms with Gasteiger partial charge in [-0.2, -0.15) is 0 Å². The summed E-state index contributed by atoms with van der Waals surface area (Å²) in [5.41, 5.74) is 0. The van der Waals surface area contributed by atoms with Crippen LogP contribution < -0.4 is 0 Å². The maximum Gasteiger partial charge on any atom is 0.187 e. The predicted octanol–water partition coefficient (Wildman–Crippen LogP) is -6.97. The zero-order valence-corrected chi connectivity index (χ0v) is 17.2. The standard InChI is InChI=1S/C17H34O15/c1-5(19)8(21)11(24)16(29)30-3-2-6(20)14(13(26)15(27)28)32-17-12(25)10(23)9(22)7(4-18)31-17/h5-29H,2-4H2,1H3. The lowest BCUT2D eigenvalue weighted by atomic mass is 9.98. The predicted molar refractivity (Wildman–Crippen MR) is 99.1 cm³/mol. The molecule has 0 aromatic carbocycles. The third-order valence-corrected chi connectivity index (χ3v) is 5.00. The van der Waals surface area contributed by atoms with Gasteiger partial charge in [-0.15, -0.1) is 0 Å². The molecule has 12 atom stereocenters. The topological polar surface area (TPSA) is 270 Å². The highest BCUT2D eigenvalue weighted by Crippen LogP contribution is 2.25. The molecule has 0 bridgehead atoms. The highest BCUT2D eigenvalue weighted by Gasteiger charge is 2.46. The van der Waals surface area contributed by atoms with Crippen LogP contribution in [0, 0.1) is 0 Å². The number of aliphatic hydroxyl groups is 12. The van der Waals surface area contributed by atoms with Crippen molar-refractivity contribution in [2.24, 2.45) is 0 Å². The zero-order chi connectivity index (χ0) is 24.7. The van der Waals surface area contributed by atoms with Crippen molar-refractivity contribution >= 4 is 0 Å². The molecule has 0 spiro atoms. The number of hydrogen-bond acceptors (Lipinski definition) is 15. The van der Waals surface area contributed by atoms with Gasteiger partial charge in [-0.1, -0.05) is 0 Å². The Labute approximate surface area is 182 Å². The molecule has 15 nitrogen and oxygen atoms in total. The fraction of sp³-hybridized carbons (Fsp3) is 1.00. The van der Waals surface area contributed by atoms with Crippen molar-refractivity contribution in [3.8, 4) is 0 Å². The van der Waals surface area contributed by atoms with Crippen LogP contribution in [-0.4, -0.2) is 154 Å². The molecule has 0 aliphatic carbocycles. The quantitative estimate of drug-likeness (QED) is 0.110. The molecule has 1 saturated heterocycles. The summed E-state index contributed by atoms with van der Waals surface area (Å²) in [5, 5.41) is 116. The SMILES string of the molecule is CC(O)C(O)C(O)C(O)OCCC(O)C(OC1OC(CO)C(O)C(O)C1O)C(O)C(O)O. The maximum absolute atomic E-state index is 10.3. The summed E-state index contributed by atoms with van der Waals surface area (Å²) in [5.74, 6) is 0. The average molecular weight is 478 g/mol. The van der Waals surface area contributed by atoms with Crippen LogP contribution >= 0.6 is 0 Å². The molecule has 1 aliphatic heterocycles. The van der Waals surface area contributed by atoms with Gasteiger partial charge in [0.1, 0.15) is 48.8 Å². The Bertz CT molecular complexity index is 520. The summed E-state index contributed by atoms with van der Waals surface area (Å²) in [7, 11) is 0. The Hall–Kier alpha value is -0.600. The van der Waals surface area contributed by atoms with Crippen LogP contribution in [0.1, 0.15) is 13.3 Å². The van der Waals surface area contributed by atoms with Crippen LogP contribution in [0.15, 0.2) is 0 Å². The molecule has 0 radical (unpaired) electrons. The second-order valence-electron chi connectivity index (χ2n) is 7.54. The van der Waals surface area contributed by atoms with Crippen molar-refractivity contribution in [2.75, 3.05) is 13.2 Å². The Kier molecular flexibility index (Phi) is 12.3. The molecule has 15 heteroatoms. The molecule has 1 fully saturated rings. The van der Waals surface area contributed by atoms with E-state index in [0.717, 1.165) is 6.92 Å². The largest absolute Gasteiger partial charge is 0.394 e. The van der Waals surface area contributed by atoms with Gasteiger partial charge >= 0.3 is 0 Å². The maximum atomic E-state index is 10.3. The van der Waals surface area contributed by atoms with Gasteiger partial charge in [0.15, 0.2) is 18.9 Å². The Morgan fingerprint density at radius 2 is 1.41 bits per heavy atom. The van der Waals surface area contributed by atoms with E-state index >= 15 is 0 Å². The molecule has 1 heterocycles. The zero-order valence-electron chi connectivity index (χ0n) is 17.2. The molecule has 1 aliphatic rings. The molecule has 0 aromatic heterocycles. The number of ether oxygens (including phenoxy) is 3. The van der Waals surface area contributed by atoms with Crippen molar-refractivity contribution < 1.29 is 75.5 Å². The Morgan fingerprint density at radius 3 is 1.91 bits per heavy atom. The summed E-state index contributed by atoms with van der Waals surface area (Å²) >= 11 is 0. The first kappa shape index (κ1) is 29.4. The average Bonchev–Trinajstić information content (AvgIpc) is 2.75. The molecule has 0 saturated carbocycles. The van der Waals surface area contributed by atoms with E-state index in [2.05, 4.69) is 0 Å². The molecule has 0 amide bonds. The van der Waals surface area contributed by atoms with E-state index in [1.54, 1.807) is 0 Å². The number of aliphatic hydroxyl groups excluding tert-OH is 11. The summed E-state index contributed by atoms with van der Waals surface area (Å²) in [6.45, 7) is -0.142. The summed E-state index contributed by atoms with van der Waals surface area (Å²) in [6.07, 6.45) is -24.3. The van der Waals surface area contributed by atoms with Crippen molar-refractivity contribution in [3.63, 3.8) is 0 Å². The first-order chi connectivity index (χ1) is 14.8. The lowest BCUT2D eigenvalue weighted by molar-refractivity contribution is -0.331. The van der Waals surface area contributed by atoms with E-state index in [9.17, 15) is 61.3 Å². The van der Waals surface area contributed by atoms with E-state index in [0.29, 0.717) is 0 Å². The van der Waals surface area contributed by atoms with Gasteiger partial charge in [0.2, 0.25) is 0 Å². The third kappa shape index (κ3) is 7.73. The highest BCUT2D eigenvalue weighted by molar-refractivity contribution is 4.90. The van der Waals surface area contributed by atoms with Crippen molar-refractivity contribution in [2.45, 2.75) is 93.3 Å². The van der Waals surface area contributed by atoms with E-state index < -0.39 is 99.5 Å². The van der Waals surface area contributed by atoms with E-state index in [1.165, 1.54) is 0 Å². The summed E-state index contributed by atoms with van der Waals surface area (Å²) in [6, 6.07) is 0. The van der Waals surface area contributed by atoms with Crippen LogP contribution in [0.5, 0.6) is 0 Å². The Morgan fingerprint density at radius 1 is 0.812 bits per heavy atom. The second kappa shape index (κ2) is 13.3. The lowest BCUT2D eigenvalue weighted by Crippen LogP contribution is -2.61. The Balaban J connectivity index is 2.78.